The summed E-state index contributed by atoms with van der Waals surface area (Å²) in [5.74, 6) is 0.313. The first-order valence-corrected chi connectivity index (χ1v) is 8.55. The highest BCUT2D eigenvalue weighted by molar-refractivity contribution is 8.14. The summed E-state index contributed by atoms with van der Waals surface area (Å²) in [7, 11) is 1.35. The molecular weight excluding hydrogens is 326 g/mol. The molecular formula is C17H19N3O3S. The summed E-state index contributed by atoms with van der Waals surface area (Å²) in [6, 6.07) is 7.27. The lowest BCUT2D eigenvalue weighted by Gasteiger charge is -2.21. The van der Waals surface area contributed by atoms with Gasteiger partial charge in [0.05, 0.1) is 28.5 Å². The molecule has 1 aliphatic rings. The second-order valence-electron chi connectivity index (χ2n) is 5.88. The molecule has 0 aliphatic carbocycles. The fraction of sp³-hybridized carbons (Fsp3) is 0.353. The van der Waals surface area contributed by atoms with Gasteiger partial charge in [-0.2, -0.15) is 0 Å². The van der Waals surface area contributed by atoms with Gasteiger partial charge in [0.15, 0.2) is 5.82 Å². The van der Waals surface area contributed by atoms with Crippen molar-refractivity contribution in [2.45, 2.75) is 32.1 Å². The molecule has 126 valence electrons. The number of hydrogen-bond acceptors (Lipinski definition) is 5. The molecule has 0 radical (unpaired) electrons. The molecule has 24 heavy (non-hydrogen) atoms. The Labute approximate surface area is 143 Å². The normalized spacial score (nSPS) is 16.7. The largest absolute Gasteiger partial charge is 0.465 e. The van der Waals surface area contributed by atoms with Crippen LogP contribution in [0.25, 0.3) is 0 Å². The van der Waals surface area contributed by atoms with Crippen LogP contribution in [0.4, 0.5) is 5.82 Å². The molecule has 1 aliphatic heterocycles. The fourth-order valence-electron chi connectivity index (χ4n) is 2.73. The number of aromatic amines is 1. The van der Waals surface area contributed by atoms with Gasteiger partial charge in [0.25, 0.3) is 5.56 Å². The van der Waals surface area contributed by atoms with Gasteiger partial charge in [0.1, 0.15) is 0 Å². The van der Waals surface area contributed by atoms with Gasteiger partial charge in [0.2, 0.25) is 0 Å². The van der Waals surface area contributed by atoms with E-state index in [0.29, 0.717) is 16.9 Å². The summed E-state index contributed by atoms with van der Waals surface area (Å²) in [5, 5.41) is 3.64. The number of carbonyl (C=O) groups is 1. The van der Waals surface area contributed by atoms with Crippen LogP contribution in [-0.4, -0.2) is 27.9 Å². The molecule has 2 aromatic rings. The maximum absolute atomic E-state index is 12.5. The smallest absolute Gasteiger partial charge is 0.337 e. The highest BCUT2D eigenvalue weighted by Crippen LogP contribution is 2.43. The molecule has 7 heteroatoms. The van der Waals surface area contributed by atoms with Crippen molar-refractivity contribution in [1.29, 1.82) is 0 Å². The molecule has 1 N–H and O–H groups in total. The number of methoxy groups -OCH3 is 1. The van der Waals surface area contributed by atoms with Crippen LogP contribution in [0, 0.1) is 0 Å². The molecule has 0 spiro atoms. The Morgan fingerprint density at radius 1 is 1.33 bits per heavy atom. The molecule has 0 bridgehead atoms. The lowest BCUT2D eigenvalue weighted by Crippen LogP contribution is -2.13. The predicted molar refractivity (Wildman–Crippen MR) is 95.4 cm³/mol. The number of benzene rings is 1. The number of fused-ring (bicyclic) bond motifs is 1. The van der Waals surface area contributed by atoms with Crippen LogP contribution in [0.3, 0.4) is 0 Å². The van der Waals surface area contributed by atoms with E-state index in [2.05, 4.69) is 10.1 Å². The van der Waals surface area contributed by atoms with E-state index >= 15 is 0 Å². The van der Waals surface area contributed by atoms with E-state index in [4.69, 9.17) is 4.74 Å². The monoisotopic (exact) mass is 345 g/mol. The Balaban J connectivity index is 2.07. The predicted octanol–water partition coefficient (Wildman–Crippen LogP) is 3.43. The second-order valence-corrected chi connectivity index (χ2v) is 7.18. The molecule has 0 fully saturated rings. The van der Waals surface area contributed by atoms with E-state index in [-0.39, 0.29) is 22.8 Å². The van der Waals surface area contributed by atoms with Gasteiger partial charge >= 0.3 is 5.97 Å². The third-order valence-corrected chi connectivity index (χ3v) is 5.08. The van der Waals surface area contributed by atoms with E-state index in [9.17, 15) is 9.59 Å². The SMILES string of the molecule is COC(=O)c1ccc([C@H]2SC(C)=Nc3c2c(=O)[nH]n3C(C)C)cc1. The Morgan fingerprint density at radius 3 is 2.58 bits per heavy atom. The van der Waals surface area contributed by atoms with Gasteiger partial charge in [0, 0.05) is 6.04 Å². The quantitative estimate of drug-likeness (QED) is 0.865. The fourth-order valence-corrected chi connectivity index (χ4v) is 3.83. The third kappa shape index (κ3) is 2.80. The van der Waals surface area contributed by atoms with Crippen molar-refractivity contribution in [2.75, 3.05) is 7.11 Å². The minimum absolute atomic E-state index is 0.114. The first-order valence-electron chi connectivity index (χ1n) is 7.67. The van der Waals surface area contributed by atoms with Gasteiger partial charge in [-0.3, -0.25) is 14.6 Å². The molecule has 1 atom stereocenters. The van der Waals surface area contributed by atoms with Crippen molar-refractivity contribution < 1.29 is 9.53 Å². The van der Waals surface area contributed by atoms with Crippen LogP contribution in [0.5, 0.6) is 0 Å². The maximum Gasteiger partial charge on any atom is 0.337 e. The van der Waals surface area contributed by atoms with Gasteiger partial charge in [-0.05, 0) is 38.5 Å². The molecule has 3 rings (SSSR count). The maximum atomic E-state index is 12.5. The zero-order valence-corrected chi connectivity index (χ0v) is 14.8. The number of carbonyl (C=O) groups excluding carboxylic acids is 1. The standard InChI is InChI=1S/C17H19N3O3S/c1-9(2)20-15-13(16(21)19-20)14(24-10(3)18-15)11-5-7-12(8-6-11)17(22)23-4/h5-9,14H,1-4H3,(H,19,21)/t14-/m1/s1. The zero-order valence-electron chi connectivity index (χ0n) is 14.0. The van der Waals surface area contributed by atoms with Crippen molar-refractivity contribution in [1.82, 2.24) is 9.78 Å². The van der Waals surface area contributed by atoms with Gasteiger partial charge in [-0.15, -0.1) is 0 Å². The highest BCUT2D eigenvalue weighted by atomic mass is 32.2. The minimum Gasteiger partial charge on any atom is -0.465 e. The van der Waals surface area contributed by atoms with Crippen molar-refractivity contribution in [2.24, 2.45) is 4.99 Å². The van der Waals surface area contributed by atoms with Crippen LogP contribution in [-0.2, 0) is 4.74 Å². The number of esters is 1. The average Bonchev–Trinajstić information content (AvgIpc) is 2.90. The van der Waals surface area contributed by atoms with E-state index in [1.165, 1.54) is 7.11 Å². The minimum atomic E-state index is -0.375. The van der Waals surface area contributed by atoms with E-state index in [1.807, 2.05) is 32.9 Å². The second kappa shape index (κ2) is 6.32. The molecule has 1 aromatic carbocycles. The van der Waals surface area contributed by atoms with Gasteiger partial charge in [-0.25, -0.2) is 9.79 Å². The van der Waals surface area contributed by atoms with E-state index < -0.39 is 0 Å². The number of rotatable bonds is 3. The summed E-state index contributed by atoms with van der Waals surface area (Å²) in [5.41, 5.74) is 1.98. The molecule has 0 unspecified atom stereocenters. The Bertz CT molecular complexity index is 862. The van der Waals surface area contributed by atoms with Crippen LogP contribution in [0.2, 0.25) is 0 Å². The number of H-pyrrole nitrogens is 1. The topological polar surface area (TPSA) is 76.4 Å². The number of aliphatic imine (C=N–C) groups is 1. The average molecular weight is 345 g/mol. The highest BCUT2D eigenvalue weighted by Gasteiger charge is 2.30. The molecule has 0 amide bonds. The lowest BCUT2D eigenvalue weighted by atomic mass is 10.0. The van der Waals surface area contributed by atoms with Crippen LogP contribution < -0.4 is 5.56 Å². The number of thioether (sulfide) groups is 1. The van der Waals surface area contributed by atoms with Crippen molar-refractivity contribution in [3.05, 3.63) is 51.3 Å². The Hall–Kier alpha value is -2.28. The number of aromatic nitrogens is 2. The van der Waals surface area contributed by atoms with Crippen molar-refractivity contribution in [3.63, 3.8) is 0 Å². The van der Waals surface area contributed by atoms with Crippen LogP contribution >= 0.6 is 11.8 Å². The number of ether oxygens (including phenoxy) is 1. The van der Waals surface area contributed by atoms with E-state index in [0.717, 1.165) is 10.6 Å². The summed E-state index contributed by atoms with van der Waals surface area (Å²) in [6.07, 6.45) is 0. The first kappa shape index (κ1) is 16.6. The van der Waals surface area contributed by atoms with E-state index in [1.54, 1.807) is 28.6 Å². The summed E-state index contributed by atoms with van der Waals surface area (Å²) in [6.45, 7) is 5.94. The molecule has 2 heterocycles. The Morgan fingerprint density at radius 2 is 2.00 bits per heavy atom. The molecule has 0 saturated heterocycles. The molecule has 1 aromatic heterocycles. The van der Waals surface area contributed by atoms with Crippen LogP contribution in [0.15, 0.2) is 34.1 Å². The lowest BCUT2D eigenvalue weighted by molar-refractivity contribution is 0.0600. The third-order valence-electron chi connectivity index (χ3n) is 3.90. The summed E-state index contributed by atoms with van der Waals surface area (Å²) in [4.78, 5) is 28.6. The van der Waals surface area contributed by atoms with Gasteiger partial charge < -0.3 is 4.74 Å². The first-order chi connectivity index (χ1) is 11.4. The number of hydrogen-bond donors (Lipinski definition) is 1. The van der Waals surface area contributed by atoms with Crippen molar-refractivity contribution >= 4 is 28.6 Å². The zero-order chi connectivity index (χ0) is 17.4. The molecule has 0 saturated carbocycles. The van der Waals surface area contributed by atoms with Gasteiger partial charge in [-0.1, -0.05) is 23.9 Å². The molecule has 6 nitrogen and oxygen atoms in total. The summed E-state index contributed by atoms with van der Waals surface area (Å²) >= 11 is 1.54. The Kier molecular flexibility index (Phi) is 4.36. The number of nitrogens with zero attached hydrogens (tertiary/aromatic N) is 2. The van der Waals surface area contributed by atoms with Crippen molar-refractivity contribution in [3.8, 4) is 0 Å². The number of nitrogens with one attached hydrogen (secondary N) is 1. The summed E-state index contributed by atoms with van der Waals surface area (Å²) < 4.78 is 6.52. The van der Waals surface area contributed by atoms with Crippen LogP contribution in [0.1, 0.15) is 53.5 Å².